The fourth-order valence-electron chi connectivity index (χ4n) is 3.23. The van der Waals surface area contributed by atoms with E-state index < -0.39 is 0 Å². The van der Waals surface area contributed by atoms with Gasteiger partial charge in [0.1, 0.15) is 5.82 Å². The highest BCUT2D eigenvalue weighted by atomic mass is 32.1. The van der Waals surface area contributed by atoms with Crippen molar-refractivity contribution in [3.8, 4) is 0 Å². The van der Waals surface area contributed by atoms with Crippen LogP contribution in [0.25, 0.3) is 10.1 Å². The van der Waals surface area contributed by atoms with Crippen molar-refractivity contribution in [2.45, 2.75) is 13.3 Å². The van der Waals surface area contributed by atoms with E-state index >= 15 is 0 Å². The van der Waals surface area contributed by atoms with Crippen LogP contribution in [0, 0.1) is 6.92 Å². The van der Waals surface area contributed by atoms with Crippen molar-refractivity contribution in [1.29, 1.82) is 0 Å². The molecule has 24 heavy (non-hydrogen) atoms. The summed E-state index contributed by atoms with van der Waals surface area (Å²) in [6, 6.07) is 8.50. The number of anilines is 2. The lowest BCUT2D eigenvalue weighted by Crippen LogP contribution is -2.47. The average molecular weight is 360 g/mol. The van der Waals surface area contributed by atoms with E-state index in [1.54, 1.807) is 22.9 Å². The van der Waals surface area contributed by atoms with Crippen molar-refractivity contribution in [2.24, 2.45) is 0 Å². The smallest absolute Gasteiger partial charge is 0.180 e. The summed E-state index contributed by atoms with van der Waals surface area (Å²) in [7, 11) is 0. The molecule has 1 aliphatic heterocycles. The van der Waals surface area contributed by atoms with Crippen LogP contribution in [0.4, 0.5) is 10.9 Å². The van der Waals surface area contributed by atoms with E-state index in [9.17, 15) is 0 Å². The van der Waals surface area contributed by atoms with E-state index in [2.05, 4.69) is 43.4 Å². The van der Waals surface area contributed by atoms with Gasteiger partial charge in [0.2, 0.25) is 0 Å². The number of nitrogen functional groups attached to an aromatic ring is 1. The van der Waals surface area contributed by atoms with Gasteiger partial charge in [0.15, 0.2) is 5.13 Å². The van der Waals surface area contributed by atoms with Crippen molar-refractivity contribution < 1.29 is 0 Å². The average Bonchev–Trinajstić information content (AvgIpc) is 3.16. The van der Waals surface area contributed by atoms with Crippen molar-refractivity contribution in [2.75, 3.05) is 43.4 Å². The van der Waals surface area contributed by atoms with Crippen LogP contribution in [0.15, 0.2) is 24.3 Å². The summed E-state index contributed by atoms with van der Waals surface area (Å²) in [4.78, 5) is 10.6. The van der Waals surface area contributed by atoms with E-state index in [-0.39, 0.29) is 0 Å². The highest BCUT2D eigenvalue weighted by molar-refractivity contribution is 7.15. The van der Waals surface area contributed by atoms with Crippen LogP contribution in [-0.2, 0) is 6.42 Å². The standard InChI is InChI=1S/C17H21N5S2/c1-12-14(23-17(18)19-12)6-7-21-8-10-22(11-9-21)16-13-4-2-3-5-15(13)24-20-16/h2-5H,6-11H2,1H3,(H2,18,19). The molecule has 5 nitrogen and oxygen atoms in total. The van der Waals surface area contributed by atoms with E-state index in [4.69, 9.17) is 5.73 Å². The number of aromatic nitrogens is 2. The highest BCUT2D eigenvalue weighted by Crippen LogP contribution is 2.30. The molecule has 0 saturated carbocycles. The fraction of sp³-hybridized carbons (Fsp3) is 0.412. The van der Waals surface area contributed by atoms with Gasteiger partial charge in [-0.25, -0.2) is 4.98 Å². The molecule has 1 aromatic carbocycles. The zero-order valence-corrected chi connectivity index (χ0v) is 15.4. The summed E-state index contributed by atoms with van der Waals surface area (Å²) in [6.45, 7) is 7.37. The van der Waals surface area contributed by atoms with Crippen LogP contribution < -0.4 is 10.6 Å². The van der Waals surface area contributed by atoms with Gasteiger partial charge in [-0.15, -0.1) is 11.3 Å². The number of fused-ring (bicyclic) bond motifs is 1. The van der Waals surface area contributed by atoms with Gasteiger partial charge in [-0.1, -0.05) is 12.1 Å². The van der Waals surface area contributed by atoms with E-state index in [0.717, 1.165) is 50.7 Å². The Morgan fingerprint density at radius 2 is 1.96 bits per heavy atom. The molecule has 0 atom stereocenters. The first-order chi connectivity index (χ1) is 11.7. The second kappa shape index (κ2) is 6.66. The number of hydrogen-bond acceptors (Lipinski definition) is 7. The molecule has 2 aromatic heterocycles. The molecule has 4 rings (SSSR count). The van der Waals surface area contributed by atoms with Crippen LogP contribution in [0.3, 0.4) is 0 Å². The maximum atomic E-state index is 5.79. The van der Waals surface area contributed by atoms with Crippen LogP contribution in [0.2, 0.25) is 0 Å². The second-order valence-corrected chi connectivity index (χ2v) is 8.06. The Balaban J connectivity index is 1.36. The van der Waals surface area contributed by atoms with E-state index in [0.29, 0.717) is 5.13 Å². The molecule has 1 aliphatic rings. The fourth-order valence-corrected chi connectivity index (χ4v) is 4.84. The van der Waals surface area contributed by atoms with Crippen LogP contribution in [-0.4, -0.2) is 47.0 Å². The van der Waals surface area contributed by atoms with Gasteiger partial charge in [0.25, 0.3) is 0 Å². The van der Waals surface area contributed by atoms with Crippen LogP contribution in [0.5, 0.6) is 0 Å². The molecule has 0 unspecified atom stereocenters. The Morgan fingerprint density at radius 3 is 2.71 bits per heavy atom. The molecule has 0 amide bonds. The zero-order chi connectivity index (χ0) is 16.5. The molecule has 1 saturated heterocycles. The number of piperazine rings is 1. The van der Waals surface area contributed by atoms with Gasteiger partial charge in [-0.2, -0.15) is 4.37 Å². The Bertz CT molecular complexity index is 832. The first-order valence-electron chi connectivity index (χ1n) is 8.24. The van der Waals surface area contributed by atoms with Gasteiger partial charge < -0.3 is 10.6 Å². The van der Waals surface area contributed by atoms with Gasteiger partial charge in [-0.3, -0.25) is 4.90 Å². The molecule has 7 heteroatoms. The van der Waals surface area contributed by atoms with Gasteiger partial charge in [0.05, 0.1) is 10.4 Å². The highest BCUT2D eigenvalue weighted by Gasteiger charge is 2.20. The maximum Gasteiger partial charge on any atom is 0.180 e. The number of rotatable bonds is 4. The second-order valence-electron chi connectivity index (χ2n) is 6.14. The molecule has 3 aromatic rings. The molecule has 3 heterocycles. The molecule has 0 radical (unpaired) electrons. The predicted molar refractivity (Wildman–Crippen MR) is 103 cm³/mol. The van der Waals surface area contributed by atoms with E-state index in [1.165, 1.54) is 15.0 Å². The molecule has 0 aliphatic carbocycles. The number of benzene rings is 1. The Morgan fingerprint density at radius 1 is 1.17 bits per heavy atom. The molecule has 2 N–H and O–H groups in total. The molecule has 1 fully saturated rings. The topological polar surface area (TPSA) is 58.3 Å². The summed E-state index contributed by atoms with van der Waals surface area (Å²) in [6.07, 6.45) is 1.04. The SMILES string of the molecule is Cc1nc(N)sc1CCN1CCN(c2nsc3ccccc23)CC1. The minimum atomic E-state index is 0.683. The minimum absolute atomic E-state index is 0.683. The summed E-state index contributed by atoms with van der Waals surface area (Å²) < 4.78 is 5.95. The molecule has 0 spiro atoms. The summed E-state index contributed by atoms with van der Waals surface area (Å²) in [5, 5.41) is 1.97. The van der Waals surface area contributed by atoms with Crippen molar-refractivity contribution in [3.63, 3.8) is 0 Å². The predicted octanol–water partition coefficient (Wildman–Crippen LogP) is 3.01. The Labute approximate surface area is 149 Å². The third-order valence-corrected chi connectivity index (χ3v) is 6.46. The lowest BCUT2D eigenvalue weighted by molar-refractivity contribution is 0.261. The molecular formula is C17H21N5S2. The number of nitrogens with two attached hydrogens (primary N) is 1. The minimum Gasteiger partial charge on any atom is -0.375 e. The molecular weight excluding hydrogens is 338 g/mol. The largest absolute Gasteiger partial charge is 0.375 e. The monoisotopic (exact) mass is 359 g/mol. The lowest BCUT2D eigenvalue weighted by atomic mass is 10.2. The number of aryl methyl sites for hydroxylation is 1. The Kier molecular flexibility index (Phi) is 4.39. The molecule has 0 bridgehead atoms. The summed E-state index contributed by atoms with van der Waals surface area (Å²) in [5.74, 6) is 1.15. The van der Waals surface area contributed by atoms with Crippen molar-refractivity contribution in [3.05, 3.63) is 34.8 Å². The summed E-state index contributed by atoms with van der Waals surface area (Å²) >= 11 is 3.22. The van der Waals surface area contributed by atoms with E-state index in [1.807, 2.05) is 6.92 Å². The van der Waals surface area contributed by atoms with Gasteiger partial charge in [0, 0.05) is 43.0 Å². The van der Waals surface area contributed by atoms with Gasteiger partial charge in [-0.05, 0) is 37.0 Å². The number of hydrogen-bond donors (Lipinski definition) is 1. The third kappa shape index (κ3) is 3.11. The summed E-state index contributed by atoms with van der Waals surface area (Å²) in [5.41, 5.74) is 6.88. The lowest BCUT2D eigenvalue weighted by Gasteiger charge is -2.35. The molecule has 126 valence electrons. The Hall–Kier alpha value is -1.70. The van der Waals surface area contributed by atoms with Crippen molar-refractivity contribution in [1.82, 2.24) is 14.3 Å². The maximum absolute atomic E-state index is 5.79. The zero-order valence-electron chi connectivity index (χ0n) is 13.7. The van der Waals surface area contributed by atoms with Gasteiger partial charge >= 0.3 is 0 Å². The third-order valence-electron chi connectivity index (χ3n) is 4.59. The van der Waals surface area contributed by atoms with Crippen LogP contribution in [0.1, 0.15) is 10.6 Å². The normalized spacial score (nSPS) is 16.1. The van der Waals surface area contributed by atoms with Crippen LogP contribution >= 0.6 is 22.9 Å². The number of nitrogens with zero attached hydrogens (tertiary/aromatic N) is 4. The number of thiazole rings is 1. The first-order valence-corrected chi connectivity index (χ1v) is 9.83. The first kappa shape index (κ1) is 15.8. The van der Waals surface area contributed by atoms with Crippen molar-refractivity contribution >= 4 is 43.9 Å². The quantitative estimate of drug-likeness (QED) is 0.776.